The SMILES string of the molecule is COCC(CNc1nc2c(C)cccn2n1)OC. The first-order chi connectivity index (χ1) is 8.74. The molecule has 2 aromatic heterocycles. The number of nitrogens with zero attached hydrogens (tertiary/aromatic N) is 3. The summed E-state index contributed by atoms with van der Waals surface area (Å²) in [7, 11) is 3.31. The number of anilines is 1. The molecular weight excluding hydrogens is 232 g/mol. The summed E-state index contributed by atoms with van der Waals surface area (Å²) in [5, 5.41) is 7.49. The van der Waals surface area contributed by atoms with E-state index in [-0.39, 0.29) is 6.10 Å². The maximum absolute atomic E-state index is 5.26. The van der Waals surface area contributed by atoms with Crippen LogP contribution in [0.1, 0.15) is 5.56 Å². The third kappa shape index (κ3) is 2.77. The topological polar surface area (TPSA) is 60.7 Å². The van der Waals surface area contributed by atoms with Gasteiger partial charge in [0.1, 0.15) is 0 Å². The Labute approximate surface area is 106 Å². The summed E-state index contributed by atoms with van der Waals surface area (Å²) in [5.41, 5.74) is 1.96. The number of fused-ring (bicyclic) bond motifs is 1. The third-order valence-electron chi connectivity index (χ3n) is 2.73. The second kappa shape index (κ2) is 5.79. The van der Waals surface area contributed by atoms with Gasteiger partial charge in [0, 0.05) is 27.0 Å². The lowest BCUT2D eigenvalue weighted by Gasteiger charge is -2.13. The molecule has 0 spiro atoms. The average Bonchev–Trinajstić information content (AvgIpc) is 2.79. The van der Waals surface area contributed by atoms with Gasteiger partial charge in [-0.2, -0.15) is 4.98 Å². The van der Waals surface area contributed by atoms with Gasteiger partial charge in [0.05, 0.1) is 12.7 Å². The summed E-state index contributed by atoms with van der Waals surface area (Å²) >= 11 is 0. The predicted molar refractivity (Wildman–Crippen MR) is 68.9 cm³/mol. The van der Waals surface area contributed by atoms with Crippen LogP contribution < -0.4 is 5.32 Å². The summed E-state index contributed by atoms with van der Waals surface area (Å²) in [6.45, 7) is 3.16. The number of aryl methyl sites for hydroxylation is 1. The molecule has 0 aromatic carbocycles. The van der Waals surface area contributed by atoms with E-state index >= 15 is 0 Å². The first-order valence-electron chi connectivity index (χ1n) is 5.82. The summed E-state index contributed by atoms with van der Waals surface area (Å²) in [6, 6.07) is 3.96. The van der Waals surface area contributed by atoms with Gasteiger partial charge in [-0.1, -0.05) is 6.07 Å². The monoisotopic (exact) mass is 250 g/mol. The summed E-state index contributed by atoms with van der Waals surface area (Å²) in [5.74, 6) is 0.599. The van der Waals surface area contributed by atoms with Crippen molar-refractivity contribution >= 4 is 11.6 Å². The van der Waals surface area contributed by atoms with E-state index in [0.29, 0.717) is 19.1 Å². The molecule has 0 fully saturated rings. The van der Waals surface area contributed by atoms with Crippen LogP contribution in [0.4, 0.5) is 5.95 Å². The van der Waals surface area contributed by atoms with Gasteiger partial charge in [0.25, 0.3) is 0 Å². The van der Waals surface area contributed by atoms with Gasteiger partial charge in [-0.25, -0.2) is 4.52 Å². The molecule has 0 saturated heterocycles. The number of ether oxygens (including phenoxy) is 2. The van der Waals surface area contributed by atoms with Gasteiger partial charge in [-0.05, 0) is 18.6 Å². The minimum absolute atomic E-state index is 0.0114. The van der Waals surface area contributed by atoms with Crippen molar-refractivity contribution in [3.8, 4) is 0 Å². The number of nitrogens with one attached hydrogen (secondary N) is 1. The maximum atomic E-state index is 5.26. The van der Waals surface area contributed by atoms with Crippen molar-refractivity contribution in [2.75, 3.05) is 32.7 Å². The Bertz CT molecular complexity index is 512. The highest BCUT2D eigenvalue weighted by molar-refractivity contribution is 5.49. The van der Waals surface area contributed by atoms with Gasteiger partial charge in [-0.3, -0.25) is 0 Å². The zero-order valence-electron chi connectivity index (χ0n) is 10.9. The van der Waals surface area contributed by atoms with Crippen molar-refractivity contribution in [1.29, 1.82) is 0 Å². The van der Waals surface area contributed by atoms with Crippen molar-refractivity contribution in [3.05, 3.63) is 23.9 Å². The number of methoxy groups -OCH3 is 2. The number of pyridine rings is 1. The van der Waals surface area contributed by atoms with E-state index in [9.17, 15) is 0 Å². The summed E-state index contributed by atoms with van der Waals surface area (Å²) < 4.78 is 12.1. The molecule has 6 nitrogen and oxygen atoms in total. The molecule has 1 unspecified atom stereocenters. The first-order valence-corrected chi connectivity index (χ1v) is 5.82. The molecule has 98 valence electrons. The van der Waals surface area contributed by atoms with E-state index in [2.05, 4.69) is 15.4 Å². The lowest BCUT2D eigenvalue weighted by molar-refractivity contribution is 0.0365. The molecule has 0 amide bonds. The molecule has 2 aromatic rings. The van der Waals surface area contributed by atoms with Crippen LogP contribution in [-0.2, 0) is 9.47 Å². The van der Waals surface area contributed by atoms with Gasteiger partial charge >= 0.3 is 0 Å². The van der Waals surface area contributed by atoms with Crippen LogP contribution in [0, 0.1) is 6.92 Å². The Hall–Kier alpha value is -1.66. The van der Waals surface area contributed by atoms with Crippen LogP contribution >= 0.6 is 0 Å². The zero-order chi connectivity index (χ0) is 13.0. The highest BCUT2D eigenvalue weighted by atomic mass is 16.5. The van der Waals surface area contributed by atoms with Crippen molar-refractivity contribution in [2.45, 2.75) is 13.0 Å². The average molecular weight is 250 g/mol. The number of hydrogen-bond acceptors (Lipinski definition) is 5. The Morgan fingerprint density at radius 2 is 2.28 bits per heavy atom. The Morgan fingerprint density at radius 1 is 1.44 bits per heavy atom. The molecule has 1 atom stereocenters. The van der Waals surface area contributed by atoms with Crippen molar-refractivity contribution in [3.63, 3.8) is 0 Å². The first kappa shape index (κ1) is 12.8. The third-order valence-corrected chi connectivity index (χ3v) is 2.73. The van der Waals surface area contributed by atoms with E-state index in [0.717, 1.165) is 11.2 Å². The minimum atomic E-state index is -0.0114. The fraction of sp³-hybridized carbons (Fsp3) is 0.500. The quantitative estimate of drug-likeness (QED) is 0.832. The largest absolute Gasteiger partial charge is 0.382 e. The number of aromatic nitrogens is 3. The van der Waals surface area contributed by atoms with Crippen LogP contribution in [0.3, 0.4) is 0 Å². The lowest BCUT2D eigenvalue weighted by atomic mass is 10.3. The van der Waals surface area contributed by atoms with Crippen molar-refractivity contribution in [2.24, 2.45) is 0 Å². The fourth-order valence-electron chi connectivity index (χ4n) is 1.72. The highest BCUT2D eigenvalue weighted by Gasteiger charge is 2.09. The molecule has 2 rings (SSSR count). The molecule has 0 saturated carbocycles. The molecule has 2 heterocycles. The van der Waals surface area contributed by atoms with Crippen LogP contribution in [0.2, 0.25) is 0 Å². The molecular formula is C12H18N4O2. The normalized spacial score (nSPS) is 12.8. The van der Waals surface area contributed by atoms with Gasteiger partial charge in [0.15, 0.2) is 5.65 Å². The molecule has 0 aliphatic rings. The summed E-state index contributed by atoms with van der Waals surface area (Å²) in [6.07, 6.45) is 1.87. The van der Waals surface area contributed by atoms with Gasteiger partial charge < -0.3 is 14.8 Å². The number of hydrogen-bond donors (Lipinski definition) is 1. The Balaban J connectivity index is 2.06. The maximum Gasteiger partial charge on any atom is 0.243 e. The molecule has 0 radical (unpaired) electrons. The zero-order valence-corrected chi connectivity index (χ0v) is 10.9. The highest BCUT2D eigenvalue weighted by Crippen LogP contribution is 2.09. The van der Waals surface area contributed by atoms with E-state index in [1.807, 2.05) is 25.3 Å². The fourth-order valence-corrected chi connectivity index (χ4v) is 1.72. The van der Waals surface area contributed by atoms with Crippen LogP contribution in [0.15, 0.2) is 18.3 Å². The van der Waals surface area contributed by atoms with E-state index < -0.39 is 0 Å². The molecule has 0 aliphatic heterocycles. The van der Waals surface area contributed by atoms with Crippen LogP contribution in [0.5, 0.6) is 0 Å². The molecule has 0 bridgehead atoms. The predicted octanol–water partition coefficient (Wildman–Crippen LogP) is 1.11. The minimum Gasteiger partial charge on any atom is -0.382 e. The van der Waals surface area contributed by atoms with Crippen LogP contribution in [0.25, 0.3) is 5.65 Å². The van der Waals surface area contributed by atoms with Crippen molar-refractivity contribution < 1.29 is 9.47 Å². The standard InChI is InChI=1S/C12H18N4O2/c1-9-5-4-6-16-11(9)14-12(15-16)13-7-10(18-3)8-17-2/h4-6,10H,7-8H2,1-3H3,(H,13,15). The lowest BCUT2D eigenvalue weighted by Crippen LogP contribution is -2.26. The van der Waals surface area contributed by atoms with Gasteiger partial charge in [0.2, 0.25) is 5.95 Å². The second-order valence-electron chi connectivity index (χ2n) is 4.09. The van der Waals surface area contributed by atoms with Crippen LogP contribution in [-0.4, -0.2) is 48.1 Å². The Kier molecular flexibility index (Phi) is 4.11. The van der Waals surface area contributed by atoms with Crippen molar-refractivity contribution in [1.82, 2.24) is 14.6 Å². The smallest absolute Gasteiger partial charge is 0.243 e. The van der Waals surface area contributed by atoms with E-state index in [1.165, 1.54) is 0 Å². The molecule has 1 N–H and O–H groups in total. The van der Waals surface area contributed by atoms with Gasteiger partial charge in [-0.15, -0.1) is 5.10 Å². The van der Waals surface area contributed by atoms with E-state index in [4.69, 9.17) is 9.47 Å². The second-order valence-corrected chi connectivity index (χ2v) is 4.09. The Morgan fingerprint density at radius 3 is 2.94 bits per heavy atom. The van der Waals surface area contributed by atoms with E-state index in [1.54, 1.807) is 18.7 Å². The summed E-state index contributed by atoms with van der Waals surface area (Å²) in [4.78, 5) is 4.42. The number of rotatable bonds is 6. The molecule has 18 heavy (non-hydrogen) atoms. The molecule has 6 heteroatoms. The molecule has 0 aliphatic carbocycles.